The lowest BCUT2D eigenvalue weighted by atomic mass is 9.88. The molecule has 0 bridgehead atoms. The first-order valence-corrected chi connectivity index (χ1v) is 11.2. The van der Waals surface area contributed by atoms with Crippen molar-refractivity contribution in [2.24, 2.45) is 0 Å². The Morgan fingerprint density at radius 3 is 2.03 bits per heavy atom. The first kappa shape index (κ1) is 21.2. The summed E-state index contributed by atoms with van der Waals surface area (Å²) < 4.78 is 5.34. The Kier molecular flexibility index (Phi) is 6.75. The number of nitrogens with one attached hydrogen (secondary N) is 1. The molecule has 0 aromatic heterocycles. The summed E-state index contributed by atoms with van der Waals surface area (Å²) in [5.41, 5.74) is 2.22. The van der Waals surface area contributed by atoms with Gasteiger partial charge in [0.15, 0.2) is 0 Å². The van der Waals surface area contributed by atoms with Crippen molar-refractivity contribution >= 4 is 17.7 Å². The van der Waals surface area contributed by atoms with E-state index in [1.807, 2.05) is 91.0 Å². The van der Waals surface area contributed by atoms with Crippen molar-refractivity contribution in [2.75, 3.05) is 6.61 Å². The summed E-state index contributed by atoms with van der Waals surface area (Å²) >= 11 is 1.53. The topological polar surface area (TPSA) is 58.6 Å². The van der Waals surface area contributed by atoms with E-state index in [-0.39, 0.29) is 29.2 Å². The van der Waals surface area contributed by atoms with Gasteiger partial charge in [0.05, 0.1) is 29.5 Å². The smallest absolute Gasteiger partial charge is 0.339 e. The Morgan fingerprint density at radius 2 is 1.45 bits per heavy atom. The fourth-order valence-electron chi connectivity index (χ4n) is 3.85. The monoisotopic (exact) mass is 431 g/mol. The highest BCUT2D eigenvalue weighted by atomic mass is 32.2. The number of ether oxygens (including phenoxy) is 1. The normalized spacial score (nSPS) is 21.0. The van der Waals surface area contributed by atoms with Gasteiger partial charge in [-0.1, -0.05) is 78.9 Å². The van der Waals surface area contributed by atoms with Gasteiger partial charge in [0.1, 0.15) is 5.76 Å². The second-order valence-corrected chi connectivity index (χ2v) is 8.48. The number of rotatable bonds is 6. The zero-order valence-electron chi connectivity index (χ0n) is 17.3. The summed E-state index contributed by atoms with van der Waals surface area (Å²) in [6.07, 6.45) is 0. The zero-order chi connectivity index (χ0) is 21.6. The molecule has 0 saturated carbocycles. The second kappa shape index (κ2) is 9.86. The third-order valence-electron chi connectivity index (χ3n) is 5.28. The summed E-state index contributed by atoms with van der Waals surface area (Å²) in [4.78, 5) is 14.0. The highest BCUT2D eigenvalue weighted by Gasteiger charge is 2.42. The molecule has 3 aromatic carbocycles. The predicted molar refractivity (Wildman–Crippen MR) is 124 cm³/mol. The lowest BCUT2D eigenvalue weighted by Crippen LogP contribution is -2.43. The molecule has 3 atom stereocenters. The molecular formula is C26H25NO3S. The van der Waals surface area contributed by atoms with E-state index in [2.05, 4.69) is 5.32 Å². The van der Waals surface area contributed by atoms with Crippen LogP contribution in [0.25, 0.3) is 0 Å². The number of benzene rings is 3. The van der Waals surface area contributed by atoms with Gasteiger partial charge in [0, 0.05) is 4.90 Å². The molecule has 158 valence electrons. The number of aliphatic hydroxyl groups is 1. The maximum absolute atomic E-state index is 12.9. The van der Waals surface area contributed by atoms with E-state index >= 15 is 0 Å². The molecule has 3 aromatic rings. The van der Waals surface area contributed by atoms with Crippen LogP contribution in [0.15, 0.2) is 107 Å². The zero-order valence-corrected chi connectivity index (χ0v) is 18.1. The van der Waals surface area contributed by atoms with Crippen LogP contribution in [0, 0.1) is 0 Å². The summed E-state index contributed by atoms with van der Waals surface area (Å²) in [7, 11) is 0. The first-order chi connectivity index (χ1) is 15.2. The molecule has 1 aliphatic rings. The van der Waals surface area contributed by atoms with Crippen molar-refractivity contribution in [3.63, 3.8) is 0 Å². The van der Waals surface area contributed by atoms with E-state index in [9.17, 15) is 9.90 Å². The third-order valence-corrected chi connectivity index (χ3v) is 6.57. The number of aliphatic hydroxyl groups excluding tert-OH is 1. The minimum atomic E-state index is -0.494. The van der Waals surface area contributed by atoms with Gasteiger partial charge in [-0.15, -0.1) is 11.8 Å². The van der Waals surface area contributed by atoms with Gasteiger partial charge in [-0.05, 0) is 30.2 Å². The van der Waals surface area contributed by atoms with Gasteiger partial charge in [-0.2, -0.15) is 0 Å². The van der Waals surface area contributed by atoms with Crippen LogP contribution in [0.2, 0.25) is 0 Å². The van der Waals surface area contributed by atoms with Crippen molar-refractivity contribution in [1.82, 2.24) is 5.32 Å². The van der Waals surface area contributed by atoms with Crippen LogP contribution in [0.4, 0.5) is 0 Å². The lowest BCUT2D eigenvalue weighted by molar-refractivity contribution is -0.139. The molecule has 4 rings (SSSR count). The fraction of sp³-hybridized carbons (Fsp3) is 0.192. The maximum Gasteiger partial charge on any atom is 0.339 e. The molecule has 0 spiro atoms. The van der Waals surface area contributed by atoms with Crippen LogP contribution in [0.1, 0.15) is 30.1 Å². The molecule has 0 amide bonds. The average molecular weight is 432 g/mol. The van der Waals surface area contributed by atoms with Crippen LogP contribution in [-0.4, -0.2) is 22.9 Å². The molecule has 31 heavy (non-hydrogen) atoms. The van der Waals surface area contributed by atoms with E-state index in [0.717, 1.165) is 16.0 Å². The fourth-order valence-corrected chi connectivity index (χ4v) is 5.07. The Balaban J connectivity index is 1.84. The highest BCUT2D eigenvalue weighted by Crippen LogP contribution is 2.44. The highest BCUT2D eigenvalue weighted by molar-refractivity contribution is 8.00. The van der Waals surface area contributed by atoms with Crippen LogP contribution in [0.3, 0.4) is 0 Å². The standard InChI is InChI=1S/C26H25NO3S/c1-2-30-26(29)21-22(18-12-6-3-7-13-18)27-23(19-14-8-4-9-15-19)25(24(21)28)31-20-16-10-5-11-17-20/h3-17,22-23,25,27-28H,2H2,1H3/t22-,23+,25-/m1/s1. The number of hydrogen-bond acceptors (Lipinski definition) is 5. The molecule has 2 N–H and O–H groups in total. The number of carbonyl (C=O) groups is 1. The van der Waals surface area contributed by atoms with E-state index in [1.54, 1.807) is 6.92 Å². The Hall–Kier alpha value is -3.02. The molecule has 5 heteroatoms. The average Bonchev–Trinajstić information content (AvgIpc) is 2.82. The summed E-state index contributed by atoms with van der Waals surface area (Å²) in [6.45, 7) is 2.02. The minimum Gasteiger partial charge on any atom is -0.510 e. The molecule has 0 aliphatic carbocycles. The van der Waals surface area contributed by atoms with Gasteiger partial charge < -0.3 is 9.84 Å². The van der Waals surface area contributed by atoms with E-state index in [1.165, 1.54) is 11.8 Å². The lowest BCUT2D eigenvalue weighted by Gasteiger charge is -2.38. The van der Waals surface area contributed by atoms with Gasteiger partial charge >= 0.3 is 5.97 Å². The molecule has 4 nitrogen and oxygen atoms in total. The van der Waals surface area contributed by atoms with Crippen LogP contribution in [0.5, 0.6) is 0 Å². The molecule has 0 fully saturated rings. The van der Waals surface area contributed by atoms with Crippen molar-refractivity contribution < 1.29 is 14.6 Å². The van der Waals surface area contributed by atoms with Crippen molar-refractivity contribution in [3.05, 3.63) is 113 Å². The summed E-state index contributed by atoms with van der Waals surface area (Å²) in [5, 5.41) is 14.7. The number of esters is 1. The van der Waals surface area contributed by atoms with E-state index < -0.39 is 12.0 Å². The molecular weight excluding hydrogens is 406 g/mol. The Morgan fingerprint density at radius 1 is 0.903 bits per heavy atom. The Labute approximate surface area is 187 Å². The molecule has 1 heterocycles. The second-order valence-electron chi connectivity index (χ2n) is 7.27. The summed E-state index contributed by atoms with van der Waals surface area (Å²) in [5.74, 6) is -0.430. The molecule has 0 saturated heterocycles. The Bertz CT molecular complexity index is 1040. The van der Waals surface area contributed by atoms with Gasteiger partial charge in [-0.3, -0.25) is 5.32 Å². The first-order valence-electron chi connectivity index (χ1n) is 10.4. The number of thioether (sulfide) groups is 1. The van der Waals surface area contributed by atoms with Gasteiger partial charge in [-0.25, -0.2) is 4.79 Å². The van der Waals surface area contributed by atoms with Crippen molar-refractivity contribution in [2.45, 2.75) is 29.2 Å². The third kappa shape index (κ3) is 4.68. The van der Waals surface area contributed by atoms with Crippen LogP contribution < -0.4 is 5.32 Å². The van der Waals surface area contributed by atoms with Crippen LogP contribution >= 0.6 is 11.8 Å². The van der Waals surface area contributed by atoms with Gasteiger partial charge in [0.2, 0.25) is 0 Å². The largest absolute Gasteiger partial charge is 0.510 e. The molecule has 0 unspecified atom stereocenters. The SMILES string of the molecule is CCOC(=O)C1=C(O)[C@H](Sc2ccccc2)[C@H](c2ccccc2)N[C@@H]1c1ccccc1. The van der Waals surface area contributed by atoms with E-state index in [0.29, 0.717) is 0 Å². The molecule has 0 radical (unpaired) electrons. The van der Waals surface area contributed by atoms with Crippen molar-refractivity contribution in [3.8, 4) is 0 Å². The van der Waals surface area contributed by atoms with E-state index in [4.69, 9.17) is 4.74 Å². The number of hydrogen-bond donors (Lipinski definition) is 2. The van der Waals surface area contributed by atoms with Crippen LogP contribution in [-0.2, 0) is 9.53 Å². The number of carbonyl (C=O) groups excluding carboxylic acids is 1. The molecule has 1 aliphatic heterocycles. The van der Waals surface area contributed by atoms with Crippen molar-refractivity contribution in [1.29, 1.82) is 0 Å². The van der Waals surface area contributed by atoms with Gasteiger partial charge in [0.25, 0.3) is 0 Å². The quantitative estimate of drug-likeness (QED) is 0.497. The predicted octanol–water partition coefficient (Wildman–Crippen LogP) is 5.61. The maximum atomic E-state index is 12.9. The summed E-state index contributed by atoms with van der Waals surface area (Å²) in [6, 6.07) is 29.0. The minimum absolute atomic E-state index is 0.0637.